The molecule has 128 valence electrons. The summed E-state index contributed by atoms with van der Waals surface area (Å²) in [6, 6.07) is 1.96. The van der Waals surface area contributed by atoms with Crippen LogP contribution in [-0.2, 0) is 4.74 Å². The van der Waals surface area contributed by atoms with Crippen molar-refractivity contribution in [1.29, 1.82) is 0 Å². The molecule has 1 atom stereocenters. The van der Waals surface area contributed by atoms with E-state index in [0.29, 0.717) is 12.5 Å². The molecule has 1 aromatic heterocycles. The lowest BCUT2D eigenvalue weighted by Gasteiger charge is -2.36. The molecule has 2 heterocycles. The summed E-state index contributed by atoms with van der Waals surface area (Å²) < 4.78 is 5.38. The Morgan fingerprint density at radius 2 is 2.00 bits per heavy atom. The van der Waals surface area contributed by atoms with Gasteiger partial charge < -0.3 is 20.1 Å². The number of anilines is 2. The van der Waals surface area contributed by atoms with Gasteiger partial charge in [-0.15, -0.1) is 0 Å². The molecule has 2 N–H and O–H groups in total. The number of morpholine rings is 1. The molecule has 0 spiro atoms. The van der Waals surface area contributed by atoms with Crippen molar-refractivity contribution in [2.75, 3.05) is 43.1 Å². The fourth-order valence-corrected chi connectivity index (χ4v) is 3.55. The average Bonchev–Trinajstić information content (AvgIpc) is 2.62. The Bertz CT molecular complexity index is 497. The minimum absolute atomic E-state index is 0.379. The minimum atomic E-state index is -0.690. The Balaban J connectivity index is 1.59. The first-order chi connectivity index (χ1) is 11.1. The molecule has 0 radical (unpaired) electrons. The summed E-state index contributed by atoms with van der Waals surface area (Å²) in [5, 5.41) is 14.1. The highest BCUT2D eigenvalue weighted by Gasteiger charge is 2.32. The fourth-order valence-electron chi connectivity index (χ4n) is 3.55. The molecule has 0 aromatic carbocycles. The lowest BCUT2D eigenvalue weighted by molar-refractivity contribution is -0.00450. The van der Waals surface area contributed by atoms with E-state index in [4.69, 9.17) is 4.74 Å². The van der Waals surface area contributed by atoms with Crippen molar-refractivity contribution in [3.8, 4) is 0 Å². The molecule has 2 fully saturated rings. The van der Waals surface area contributed by atoms with Crippen molar-refractivity contribution in [1.82, 2.24) is 9.97 Å². The van der Waals surface area contributed by atoms with Crippen LogP contribution in [-0.4, -0.2) is 53.5 Å². The normalized spacial score (nSPS) is 22.6. The van der Waals surface area contributed by atoms with Crippen molar-refractivity contribution >= 4 is 11.6 Å². The van der Waals surface area contributed by atoms with Gasteiger partial charge in [-0.05, 0) is 25.7 Å². The topological polar surface area (TPSA) is 70.5 Å². The first kappa shape index (κ1) is 16.5. The summed E-state index contributed by atoms with van der Waals surface area (Å²) in [6.07, 6.45) is 7.59. The number of nitrogens with zero attached hydrogens (tertiary/aromatic N) is 3. The van der Waals surface area contributed by atoms with Crippen LogP contribution in [0.4, 0.5) is 11.6 Å². The third-order valence-electron chi connectivity index (χ3n) is 5.10. The first-order valence-electron chi connectivity index (χ1n) is 8.76. The molecule has 1 aliphatic heterocycles. The van der Waals surface area contributed by atoms with Gasteiger partial charge in [-0.25, -0.2) is 9.97 Å². The highest BCUT2D eigenvalue weighted by Crippen LogP contribution is 2.32. The lowest BCUT2D eigenvalue weighted by atomic mass is 9.78. The Hall–Kier alpha value is -1.40. The van der Waals surface area contributed by atoms with Crippen LogP contribution in [0.15, 0.2) is 12.4 Å². The smallest absolute Gasteiger partial charge is 0.134 e. The Kier molecular flexibility index (Phi) is 5.33. The number of aromatic nitrogens is 2. The number of ether oxygens (including phenoxy) is 1. The number of aliphatic hydroxyl groups is 1. The summed E-state index contributed by atoms with van der Waals surface area (Å²) in [4.78, 5) is 10.8. The predicted molar refractivity (Wildman–Crippen MR) is 90.8 cm³/mol. The van der Waals surface area contributed by atoms with E-state index in [1.54, 1.807) is 6.33 Å². The van der Waals surface area contributed by atoms with Gasteiger partial charge in [0.25, 0.3) is 0 Å². The second-order valence-corrected chi connectivity index (χ2v) is 6.91. The van der Waals surface area contributed by atoms with E-state index >= 15 is 0 Å². The van der Waals surface area contributed by atoms with Crippen molar-refractivity contribution in [3.63, 3.8) is 0 Å². The SMILES string of the molecule is CC(O)(CNc1cc(N2CCOCC2)ncn1)C1CCCCC1. The molecule has 1 unspecified atom stereocenters. The molecule has 1 aliphatic carbocycles. The maximum absolute atomic E-state index is 10.8. The molecular weight excluding hydrogens is 292 g/mol. The highest BCUT2D eigenvalue weighted by atomic mass is 16.5. The van der Waals surface area contributed by atoms with E-state index in [1.807, 2.05) is 13.0 Å². The summed E-state index contributed by atoms with van der Waals surface area (Å²) in [7, 11) is 0. The number of nitrogens with one attached hydrogen (secondary N) is 1. The van der Waals surface area contributed by atoms with Gasteiger partial charge in [-0.3, -0.25) is 0 Å². The third-order valence-corrected chi connectivity index (χ3v) is 5.10. The van der Waals surface area contributed by atoms with Crippen molar-refractivity contribution < 1.29 is 9.84 Å². The van der Waals surface area contributed by atoms with Crippen molar-refractivity contribution in [3.05, 3.63) is 12.4 Å². The van der Waals surface area contributed by atoms with Crippen LogP contribution in [0.25, 0.3) is 0 Å². The van der Waals surface area contributed by atoms with Crippen molar-refractivity contribution in [2.45, 2.75) is 44.6 Å². The van der Waals surface area contributed by atoms with E-state index in [9.17, 15) is 5.11 Å². The van der Waals surface area contributed by atoms with Crippen LogP contribution in [0.5, 0.6) is 0 Å². The number of hydrogen-bond acceptors (Lipinski definition) is 6. The monoisotopic (exact) mass is 320 g/mol. The Morgan fingerprint density at radius 3 is 2.74 bits per heavy atom. The molecule has 1 aromatic rings. The quantitative estimate of drug-likeness (QED) is 0.865. The lowest BCUT2D eigenvalue weighted by Crippen LogP contribution is -2.42. The van der Waals surface area contributed by atoms with Gasteiger partial charge in [-0.1, -0.05) is 19.3 Å². The Labute approximate surface area is 138 Å². The molecule has 2 aliphatic rings. The predicted octanol–water partition coefficient (Wildman–Crippen LogP) is 2.06. The zero-order valence-corrected chi connectivity index (χ0v) is 14.0. The maximum Gasteiger partial charge on any atom is 0.134 e. The zero-order chi connectivity index (χ0) is 16.1. The van der Waals surface area contributed by atoms with Crippen LogP contribution in [0, 0.1) is 5.92 Å². The van der Waals surface area contributed by atoms with Gasteiger partial charge in [0.15, 0.2) is 0 Å². The van der Waals surface area contributed by atoms with Crippen molar-refractivity contribution in [2.24, 2.45) is 5.92 Å². The number of rotatable bonds is 5. The van der Waals surface area contributed by atoms with E-state index in [2.05, 4.69) is 20.2 Å². The van der Waals surface area contributed by atoms with Crippen LogP contribution in [0.3, 0.4) is 0 Å². The van der Waals surface area contributed by atoms with Crippen LogP contribution in [0.1, 0.15) is 39.0 Å². The first-order valence-corrected chi connectivity index (χ1v) is 8.76. The standard InChI is InChI=1S/C17H28N4O2/c1-17(22,14-5-3-2-4-6-14)12-18-15-11-16(20-13-19-15)21-7-9-23-10-8-21/h11,13-14,22H,2-10,12H2,1H3,(H,18,19,20). The van der Waals surface area contributed by atoms with Gasteiger partial charge in [0.2, 0.25) is 0 Å². The summed E-state index contributed by atoms with van der Waals surface area (Å²) in [6.45, 7) is 5.66. The number of hydrogen-bond donors (Lipinski definition) is 2. The average molecular weight is 320 g/mol. The van der Waals surface area contributed by atoms with Gasteiger partial charge in [0.05, 0.1) is 18.8 Å². The van der Waals surface area contributed by atoms with Gasteiger partial charge in [-0.2, -0.15) is 0 Å². The second kappa shape index (κ2) is 7.45. The molecule has 1 saturated heterocycles. The second-order valence-electron chi connectivity index (χ2n) is 6.91. The minimum Gasteiger partial charge on any atom is -0.388 e. The molecule has 23 heavy (non-hydrogen) atoms. The van der Waals surface area contributed by atoms with Crippen LogP contribution < -0.4 is 10.2 Å². The zero-order valence-electron chi connectivity index (χ0n) is 14.0. The van der Waals surface area contributed by atoms with Gasteiger partial charge >= 0.3 is 0 Å². The molecule has 6 nitrogen and oxygen atoms in total. The molecule has 1 saturated carbocycles. The van der Waals surface area contributed by atoms with E-state index in [-0.39, 0.29) is 0 Å². The third kappa shape index (κ3) is 4.32. The van der Waals surface area contributed by atoms with Gasteiger partial charge in [0, 0.05) is 25.7 Å². The Morgan fingerprint density at radius 1 is 1.26 bits per heavy atom. The van der Waals surface area contributed by atoms with Crippen LogP contribution in [0.2, 0.25) is 0 Å². The van der Waals surface area contributed by atoms with Crippen LogP contribution >= 0.6 is 0 Å². The van der Waals surface area contributed by atoms with E-state index in [0.717, 1.165) is 50.8 Å². The highest BCUT2D eigenvalue weighted by molar-refractivity contribution is 5.48. The molecule has 0 amide bonds. The van der Waals surface area contributed by atoms with E-state index in [1.165, 1.54) is 19.3 Å². The largest absolute Gasteiger partial charge is 0.388 e. The van der Waals surface area contributed by atoms with E-state index < -0.39 is 5.60 Å². The van der Waals surface area contributed by atoms with Gasteiger partial charge in [0.1, 0.15) is 18.0 Å². The summed E-state index contributed by atoms with van der Waals surface area (Å²) in [5.41, 5.74) is -0.690. The molecule has 6 heteroatoms. The molecular formula is C17H28N4O2. The fraction of sp³-hybridized carbons (Fsp3) is 0.765. The molecule has 3 rings (SSSR count). The summed E-state index contributed by atoms with van der Waals surface area (Å²) in [5.74, 6) is 2.07. The summed E-state index contributed by atoms with van der Waals surface area (Å²) >= 11 is 0. The molecule has 0 bridgehead atoms. The maximum atomic E-state index is 10.8.